The van der Waals surface area contributed by atoms with Crippen LogP contribution in [0.5, 0.6) is 0 Å². The molecule has 0 aliphatic rings. The molecule has 0 fully saturated rings. The van der Waals surface area contributed by atoms with E-state index in [9.17, 15) is 14.9 Å². The SMILES string of the molecule is N#Cc1ccc(CC(=O)[S-])c([N+](=O)[O-])c1. The van der Waals surface area contributed by atoms with E-state index in [0.717, 1.165) is 6.07 Å². The summed E-state index contributed by atoms with van der Waals surface area (Å²) >= 11 is 4.34. The number of nitro benzene ring substituents is 1. The van der Waals surface area contributed by atoms with Crippen molar-refractivity contribution >= 4 is 23.4 Å². The van der Waals surface area contributed by atoms with Crippen molar-refractivity contribution in [2.45, 2.75) is 6.42 Å². The number of benzene rings is 1. The van der Waals surface area contributed by atoms with Gasteiger partial charge in [-0.1, -0.05) is 6.07 Å². The summed E-state index contributed by atoms with van der Waals surface area (Å²) in [6.45, 7) is 0. The van der Waals surface area contributed by atoms with Crippen molar-refractivity contribution in [3.63, 3.8) is 0 Å². The number of carbonyl (C=O) groups is 1. The molecule has 0 saturated carbocycles. The van der Waals surface area contributed by atoms with Gasteiger partial charge in [-0.15, -0.1) is 0 Å². The Labute approximate surface area is 90.9 Å². The lowest BCUT2D eigenvalue weighted by Crippen LogP contribution is -2.02. The summed E-state index contributed by atoms with van der Waals surface area (Å²) in [5, 5.41) is 18.6. The second-order valence-electron chi connectivity index (χ2n) is 2.76. The van der Waals surface area contributed by atoms with E-state index in [1.54, 1.807) is 6.07 Å². The van der Waals surface area contributed by atoms with Gasteiger partial charge in [0.05, 0.1) is 16.6 Å². The third-order valence-electron chi connectivity index (χ3n) is 1.75. The maximum atomic E-state index is 10.7. The normalized spacial score (nSPS) is 9.27. The standard InChI is InChI=1S/C9H6N2O3S/c10-5-6-1-2-7(4-9(12)15)8(3-6)11(13)14/h1-3H,4H2,(H,12,15)/p-1. The largest absolute Gasteiger partial charge is 0.742 e. The Hall–Kier alpha value is -2.00. The van der Waals surface area contributed by atoms with Gasteiger partial charge in [0.15, 0.2) is 0 Å². The molecule has 15 heavy (non-hydrogen) atoms. The lowest BCUT2D eigenvalue weighted by Gasteiger charge is -2.04. The van der Waals surface area contributed by atoms with Gasteiger partial charge in [-0.2, -0.15) is 5.26 Å². The number of nitro groups is 1. The molecule has 0 unspecified atom stereocenters. The summed E-state index contributed by atoms with van der Waals surface area (Å²) in [6, 6.07) is 5.71. The van der Waals surface area contributed by atoms with Gasteiger partial charge in [0, 0.05) is 23.2 Å². The first-order valence-corrected chi connectivity index (χ1v) is 4.32. The molecule has 0 aliphatic heterocycles. The van der Waals surface area contributed by atoms with Crippen LogP contribution in [0.15, 0.2) is 18.2 Å². The van der Waals surface area contributed by atoms with E-state index in [4.69, 9.17) is 5.26 Å². The molecule has 0 bridgehead atoms. The first-order valence-electron chi connectivity index (χ1n) is 3.92. The van der Waals surface area contributed by atoms with Crippen LogP contribution in [0, 0.1) is 21.4 Å². The lowest BCUT2D eigenvalue weighted by atomic mass is 10.1. The summed E-state index contributed by atoms with van der Waals surface area (Å²) in [7, 11) is 0. The molecule has 0 aromatic heterocycles. The zero-order chi connectivity index (χ0) is 11.4. The van der Waals surface area contributed by atoms with Gasteiger partial charge in [-0.3, -0.25) is 10.1 Å². The third-order valence-corrected chi connectivity index (χ3v) is 1.89. The van der Waals surface area contributed by atoms with E-state index < -0.39 is 10.0 Å². The highest BCUT2D eigenvalue weighted by atomic mass is 32.1. The zero-order valence-electron chi connectivity index (χ0n) is 7.47. The molecule has 0 aliphatic carbocycles. The molecule has 6 heteroatoms. The van der Waals surface area contributed by atoms with E-state index in [-0.39, 0.29) is 23.2 Å². The number of nitriles is 1. The summed E-state index contributed by atoms with van der Waals surface area (Å²) in [5.74, 6) is 0. The molecule has 1 aromatic rings. The van der Waals surface area contributed by atoms with Crippen LogP contribution in [0.2, 0.25) is 0 Å². The Morgan fingerprint density at radius 3 is 2.73 bits per heavy atom. The van der Waals surface area contributed by atoms with Gasteiger partial charge in [0.1, 0.15) is 0 Å². The summed E-state index contributed by atoms with van der Waals surface area (Å²) in [4.78, 5) is 20.7. The molecular formula is C9H5N2O3S-. The van der Waals surface area contributed by atoms with Crippen LogP contribution >= 0.6 is 0 Å². The van der Waals surface area contributed by atoms with Crippen LogP contribution in [0.25, 0.3) is 0 Å². The fraction of sp³-hybridized carbons (Fsp3) is 0.111. The van der Waals surface area contributed by atoms with Crippen molar-refractivity contribution in [3.8, 4) is 6.07 Å². The number of hydrogen-bond donors (Lipinski definition) is 0. The number of hydrogen-bond acceptors (Lipinski definition) is 5. The highest BCUT2D eigenvalue weighted by Gasteiger charge is 2.14. The van der Waals surface area contributed by atoms with E-state index in [2.05, 4.69) is 12.6 Å². The molecule has 5 nitrogen and oxygen atoms in total. The van der Waals surface area contributed by atoms with Gasteiger partial charge in [0.25, 0.3) is 5.69 Å². The molecule has 0 radical (unpaired) electrons. The van der Waals surface area contributed by atoms with Crippen molar-refractivity contribution in [3.05, 3.63) is 39.4 Å². The fourth-order valence-electron chi connectivity index (χ4n) is 1.11. The van der Waals surface area contributed by atoms with Gasteiger partial charge < -0.3 is 17.4 Å². The highest BCUT2D eigenvalue weighted by molar-refractivity contribution is 7.77. The fourth-order valence-corrected chi connectivity index (χ4v) is 1.26. The number of nitrogens with zero attached hydrogens (tertiary/aromatic N) is 2. The topological polar surface area (TPSA) is 84.0 Å². The van der Waals surface area contributed by atoms with Crippen molar-refractivity contribution < 1.29 is 9.72 Å². The quantitative estimate of drug-likeness (QED) is 0.433. The molecule has 0 saturated heterocycles. The molecule has 0 spiro atoms. The van der Waals surface area contributed by atoms with E-state index in [1.165, 1.54) is 12.1 Å². The van der Waals surface area contributed by atoms with Crippen molar-refractivity contribution in [1.82, 2.24) is 0 Å². The first-order chi connectivity index (χ1) is 7.04. The van der Waals surface area contributed by atoms with Crippen LogP contribution in [0.1, 0.15) is 11.1 Å². The Balaban J connectivity index is 3.22. The summed E-state index contributed by atoms with van der Waals surface area (Å²) in [5.41, 5.74) is 0.175. The average molecular weight is 221 g/mol. The molecule has 76 valence electrons. The van der Waals surface area contributed by atoms with Crippen molar-refractivity contribution in [2.24, 2.45) is 0 Å². The second-order valence-corrected chi connectivity index (χ2v) is 3.22. The molecule has 0 amide bonds. The minimum Gasteiger partial charge on any atom is -0.742 e. The summed E-state index contributed by atoms with van der Waals surface area (Å²) in [6.07, 6.45) is -0.169. The third kappa shape index (κ3) is 2.72. The predicted octanol–water partition coefficient (Wildman–Crippen LogP) is 1.08. The second kappa shape index (κ2) is 4.48. The van der Waals surface area contributed by atoms with E-state index in [0.29, 0.717) is 0 Å². The molecular weight excluding hydrogens is 216 g/mol. The molecule has 1 aromatic carbocycles. The van der Waals surface area contributed by atoms with Crippen LogP contribution < -0.4 is 0 Å². The molecule has 1 rings (SSSR count). The zero-order valence-corrected chi connectivity index (χ0v) is 8.28. The monoisotopic (exact) mass is 221 g/mol. The van der Waals surface area contributed by atoms with Crippen LogP contribution in [-0.4, -0.2) is 10.0 Å². The Bertz CT molecular complexity index is 465. The van der Waals surface area contributed by atoms with Gasteiger partial charge in [0.2, 0.25) is 0 Å². The summed E-state index contributed by atoms with van der Waals surface area (Å²) < 4.78 is 0. The van der Waals surface area contributed by atoms with Crippen molar-refractivity contribution in [2.75, 3.05) is 0 Å². The minimum atomic E-state index is -0.631. The first kappa shape index (κ1) is 11.1. The van der Waals surface area contributed by atoms with Crippen LogP contribution in [-0.2, 0) is 23.8 Å². The maximum Gasteiger partial charge on any atom is 0.274 e. The van der Waals surface area contributed by atoms with Crippen LogP contribution in [0.4, 0.5) is 5.69 Å². The van der Waals surface area contributed by atoms with Gasteiger partial charge >= 0.3 is 0 Å². The average Bonchev–Trinajstić information content (AvgIpc) is 2.17. The molecule has 0 heterocycles. The number of rotatable bonds is 3. The number of carbonyl (C=O) groups excluding carboxylic acids is 1. The maximum absolute atomic E-state index is 10.7. The smallest absolute Gasteiger partial charge is 0.274 e. The minimum absolute atomic E-state index is 0.169. The van der Waals surface area contributed by atoms with Gasteiger partial charge in [-0.25, -0.2) is 0 Å². The Morgan fingerprint density at radius 2 is 2.27 bits per heavy atom. The Morgan fingerprint density at radius 1 is 1.60 bits per heavy atom. The van der Waals surface area contributed by atoms with Gasteiger partial charge in [-0.05, 0) is 6.07 Å². The highest BCUT2D eigenvalue weighted by Crippen LogP contribution is 2.20. The van der Waals surface area contributed by atoms with E-state index >= 15 is 0 Å². The van der Waals surface area contributed by atoms with Crippen LogP contribution in [0.3, 0.4) is 0 Å². The lowest BCUT2D eigenvalue weighted by molar-refractivity contribution is -0.385. The molecule has 0 atom stereocenters. The Kier molecular flexibility index (Phi) is 3.31. The molecule has 0 N–H and O–H groups in total. The van der Waals surface area contributed by atoms with E-state index in [1.807, 2.05) is 0 Å². The van der Waals surface area contributed by atoms with Crippen molar-refractivity contribution in [1.29, 1.82) is 5.26 Å². The predicted molar refractivity (Wildman–Crippen MR) is 53.9 cm³/mol.